The Balaban J connectivity index is 1.76. The Kier molecular flexibility index (Phi) is 7.46. The number of carbonyl (C=O) groups is 1. The maximum atomic E-state index is 13.4. The molecule has 0 radical (unpaired) electrons. The van der Waals surface area contributed by atoms with Gasteiger partial charge < -0.3 is 10.4 Å². The zero-order valence-corrected chi connectivity index (χ0v) is 20.9. The minimum Gasteiger partial charge on any atom is -0.379 e. The van der Waals surface area contributed by atoms with Crippen LogP contribution in [0.25, 0.3) is 10.8 Å². The summed E-state index contributed by atoms with van der Waals surface area (Å²) in [4.78, 5) is 13.1. The number of hydrogen-bond acceptors (Lipinski definition) is 5. The SMILES string of the molecule is N#Cc1ccc(NC(=O)[C@](O)(Cc2cccc3ccccc23)CS(=O)(=O)c2ccc(F)cc2)cc1C(F)(F)F. The number of benzene rings is 4. The van der Waals surface area contributed by atoms with Crippen LogP contribution in [0.2, 0.25) is 0 Å². The topological polar surface area (TPSA) is 107 Å². The van der Waals surface area contributed by atoms with E-state index in [9.17, 15) is 35.9 Å². The van der Waals surface area contributed by atoms with Gasteiger partial charge in [-0.2, -0.15) is 18.4 Å². The average Bonchev–Trinajstić information content (AvgIpc) is 2.88. The van der Waals surface area contributed by atoms with Crippen LogP contribution in [0.1, 0.15) is 16.7 Å². The fraction of sp³-hybridized carbons (Fsp3) is 0.143. The smallest absolute Gasteiger partial charge is 0.379 e. The standard InChI is InChI=1S/C28H20F4N2O4S/c29-21-9-12-23(13-10-21)39(37,38)17-27(36,15-19-6-3-5-18-4-1-2-7-24(18)19)26(35)34-22-11-8-20(16-33)25(14-22)28(30,31)32/h1-14,36H,15,17H2,(H,34,35)/t27-/m0/s1. The zero-order chi connectivity index (χ0) is 28.4. The van der Waals surface area contributed by atoms with Crippen molar-refractivity contribution in [3.63, 3.8) is 0 Å². The van der Waals surface area contributed by atoms with Crippen LogP contribution in [0.15, 0.2) is 89.8 Å². The van der Waals surface area contributed by atoms with E-state index in [0.29, 0.717) is 17.0 Å². The first-order valence-electron chi connectivity index (χ1n) is 11.4. The first kappa shape index (κ1) is 27.8. The van der Waals surface area contributed by atoms with Crippen LogP contribution in [0.4, 0.5) is 23.2 Å². The van der Waals surface area contributed by atoms with Gasteiger partial charge in [0.1, 0.15) is 5.82 Å². The number of anilines is 1. The Hall–Kier alpha value is -4.27. The van der Waals surface area contributed by atoms with Gasteiger partial charge in [-0.3, -0.25) is 4.79 Å². The number of carbonyl (C=O) groups excluding carboxylic acids is 1. The molecule has 2 N–H and O–H groups in total. The maximum absolute atomic E-state index is 13.4. The van der Waals surface area contributed by atoms with Gasteiger partial charge in [-0.1, -0.05) is 42.5 Å². The quantitative estimate of drug-likeness (QED) is 0.239. The second-order valence-electron chi connectivity index (χ2n) is 8.88. The number of alkyl halides is 3. The summed E-state index contributed by atoms with van der Waals surface area (Å²) in [6.07, 6.45) is -5.42. The lowest BCUT2D eigenvalue weighted by atomic mass is 9.91. The summed E-state index contributed by atoms with van der Waals surface area (Å²) in [5.74, 6) is -3.12. The highest BCUT2D eigenvalue weighted by molar-refractivity contribution is 7.91. The Morgan fingerprint density at radius 3 is 2.28 bits per heavy atom. The van der Waals surface area contributed by atoms with E-state index in [0.717, 1.165) is 41.8 Å². The third-order valence-electron chi connectivity index (χ3n) is 6.09. The van der Waals surface area contributed by atoms with Gasteiger partial charge in [-0.05, 0) is 58.8 Å². The van der Waals surface area contributed by atoms with Crippen molar-refractivity contribution in [3.8, 4) is 6.07 Å². The third-order valence-corrected chi connectivity index (χ3v) is 7.94. The van der Waals surface area contributed by atoms with Crippen molar-refractivity contribution in [3.05, 3.63) is 107 Å². The van der Waals surface area contributed by atoms with Crippen LogP contribution >= 0.6 is 0 Å². The molecular weight excluding hydrogens is 536 g/mol. The van der Waals surface area contributed by atoms with Crippen molar-refractivity contribution in [2.24, 2.45) is 0 Å². The van der Waals surface area contributed by atoms with E-state index in [2.05, 4.69) is 5.32 Å². The number of nitrogens with zero attached hydrogens (tertiary/aromatic N) is 1. The lowest BCUT2D eigenvalue weighted by Crippen LogP contribution is -2.50. The molecule has 0 fully saturated rings. The number of sulfone groups is 1. The van der Waals surface area contributed by atoms with Crippen LogP contribution in [-0.2, 0) is 27.2 Å². The molecule has 0 saturated carbocycles. The maximum Gasteiger partial charge on any atom is 0.417 e. The molecule has 6 nitrogen and oxygen atoms in total. The molecule has 4 aromatic carbocycles. The molecule has 0 aliphatic carbocycles. The summed E-state index contributed by atoms with van der Waals surface area (Å²) in [7, 11) is -4.39. The van der Waals surface area contributed by atoms with Gasteiger partial charge in [0.05, 0.1) is 27.8 Å². The fourth-order valence-electron chi connectivity index (χ4n) is 4.20. The Bertz CT molecular complexity index is 1690. The van der Waals surface area contributed by atoms with Crippen molar-refractivity contribution in [2.75, 3.05) is 11.1 Å². The number of nitriles is 1. The van der Waals surface area contributed by atoms with Gasteiger partial charge in [-0.15, -0.1) is 0 Å². The Morgan fingerprint density at radius 1 is 0.949 bits per heavy atom. The second-order valence-corrected chi connectivity index (χ2v) is 10.9. The van der Waals surface area contributed by atoms with Gasteiger partial charge in [0, 0.05) is 12.1 Å². The van der Waals surface area contributed by atoms with Crippen molar-refractivity contribution >= 4 is 32.2 Å². The zero-order valence-electron chi connectivity index (χ0n) is 20.0. The van der Waals surface area contributed by atoms with Crippen molar-refractivity contribution in [2.45, 2.75) is 23.1 Å². The normalized spacial score (nSPS) is 13.4. The van der Waals surface area contributed by atoms with Crippen LogP contribution in [0, 0.1) is 17.1 Å². The summed E-state index contributed by atoms with van der Waals surface area (Å²) < 4.78 is 80.1. The first-order valence-corrected chi connectivity index (χ1v) is 13.1. The van der Waals surface area contributed by atoms with Crippen LogP contribution in [-0.4, -0.2) is 30.8 Å². The summed E-state index contributed by atoms with van der Waals surface area (Å²) in [6, 6.07) is 19.7. The van der Waals surface area contributed by atoms with Crippen LogP contribution in [0.3, 0.4) is 0 Å². The molecule has 0 unspecified atom stereocenters. The molecular formula is C28H20F4N2O4S. The molecule has 39 heavy (non-hydrogen) atoms. The minimum absolute atomic E-state index is 0.356. The molecule has 0 aliphatic heterocycles. The lowest BCUT2D eigenvalue weighted by Gasteiger charge is -2.28. The lowest BCUT2D eigenvalue weighted by molar-refractivity contribution is -0.138. The molecule has 0 spiro atoms. The van der Waals surface area contributed by atoms with Gasteiger partial charge >= 0.3 is 6.18 Å². The highest BCUT2D eigenvalue weighted by atomic mass is 32.2. The number of amides is 1. The predicted molar refractivity (Wildman–Crippen MR) is 136 cm³/mol. The molecule has 4 aromatic rings. The van der Waals surface area contributed by atoms with Gasteiger partial charge in [0.2, 0.25) is 0 Å². The van der Waals surface area contributed by atoms with Crippen LogP contribution < -0.4 is 5.32 Å². The monoisotopic (exact) mass is 556 g/mol. The summed E-state index contributed by atoms with van der Waals surface area (Å²) >= 11 is 0. The van der Waals surface area contributed by atoms with E-state index in [-0.39, 0.29) is 4.90 Å². The van der Waals surface area contributed by atoms with Crippen LogP contribution in [0.5, 0.6) is 0 Å². The second kappa shape index (κ2) is 10.5. The minimum atomic E-state index is -4.91. The highest BCUT2D eigenvalue weighted by Crippen LogP contribution is 2.34. The number of nitrogens with one attached hydrogen (secondary N) is 1. The van der Waals surface area contributed by atoms with Crippen molar-refractivity contribution < 1.29 is 35.9 Å². The molecule has 1 amide bonds. The van der Waals surface area contributed by atoms with Crippen molar-refractivity contribution in [1.82, 2.24) is 0 Å². The summed E-state index contributed by atoms with van der Waals surface area (Å²) in [5, 5.41) is 24.2. The fourth-order valence-corrected chi connectivity index (χ4v) is 5.78. The van der Waals surface area contributed by atoms with E-state index < -0.39 is 62.3 Å². The third kappa shape index (κ3) is 6.08. The molecule has 0 bridgehead atoms. The largest absolute Gasteiger partial charge is 0.417 e. The molecule has 0 aromatic heterocycles. The molecule has 1 atom stereocenters. The first-order chi connectivity index (χ1) is 18.3. The predicted octanol–water partition coefficient (Wildman–Crippen LogP) is 5.26. The Labute approximate surface area is 221 Å². The number of hydrogen-bond donors (Lipinski definition) is 2. The average molecular weight is 557 g/mol. The number of fused-ring (bicyclic) bond motifs is 1. The van der Waals surface area contributed by atoms with Gasteiger partial charge in [0.25, 0.3) is 5.91 Å². The van der Waals surface area contributed by atoms with E-state index in [1.165, 1.54) is 6.07 Å². The Morgan fingerprint density at radius 2 is 1.62 bits per heavy atom. The number of rotatable bonds is 7. The van der Waals surface area contributed by atoms with E-state index in [1.54, 1.807) is 42.5 Å². The van der Waals surface area contributed by atoms with E-state index in [1.807, 2.05) is 0 Å². The molecule has 4 rings (SSSR count). The molecule has 0 saturated heterocycles. The highest BCUT2D eigenvalue weighted by Gasteiger charge is 2.42. The number of aliphatic hydroxyl groups is 1. The molecule has 200 valence electrons. The number of halogens is 4. The van der Waals surface area contributed by atoms with Gasteiger partial charge in [0.15, 0.2) is 15.4 Å². The van der Waals surface area contributed by atoms with E-state index in [4.69, 9.17) is 5.26 Å². The van der Waals surface area contributed by atoms with Crippen molar-refractivity contribution in [1.29, 1.82) is 5.26 Å². The molecule has 0 heterocycles. The molecule has 0 aliphatic rings. The summed E-state index contributed by atoms with van der Waals surface area (Å²) in [6.45, 7) is 0. The molecule has 11 heteroatoms. The van der Waals surface area contributed by atoms with Gasteiger partial charge in [-0.25, -0.2) is 12.8 Å². The van der Waals surface area contributed by atoms with E-state index >= 15 is 0 Å². The summed E-state index contributed by atoms with van der Waals surface area (Å²) in [5.41, 5.74) is -4.63.